The van der Waals surface area contributed by atoms with Crippen molar-refractivity contribution < 1.29 is 9.59 Å². The first kappa shape index (κ1) is 8.33. The van der Waals surface area contributed by atoms with Gasteiger partial charge in [-0.05, 0) is 5.41 Å². The zero-order valence-corrected chi connectivity index (χ0v) is 6.88. The number of rotatable bonds is 2. The Bertz CT molecular complexity index is 196. The van der Waals surface area contributed by atoms with Gasteiger partial charge in [-0.25, -0.2) is 0 Å². The molecule has 0 unspecified atom stereocenters. The summed E-state index contributed by atoms with van der Waals surface area (Å²) in [5.41, 5.74) is 0. The van der Waals surface area contributed by atoms with Crippen LogP contribution < -0.4 is 0 Å². The Labute approximate surface area is 70.5 Å². The molecule has 11 heavy (non-hydrogen) atoms. The Balaban J connectivity index is 2.54. The van der Waals surface area contributed by atoms with Gasteiger partial charge in [-0.3, -0.25) is 14.5 Å². The summed E-state index contributed by atoms with van der Waals surface area (Å²) >= 11 is 3.82. The molecule has 4 heteroatoms. The minimum Gasteiger partial charge on any atom is -0.279 e. The monoisotopic (exact) mass is 171 g/mol. The lowest BCUT2D eigenvalue weighted by atomic mass is 10.4. The number of carbonyl (C=O) groups excluding carboxylic acids is 2. The normalized spacial score (nSPS) is 18.8. The highest BCUT2D eigenvalue weighted by atomic mass is 32.1. The summed E-state index contributed by atoms with van der Waals surface area (Å²) in [6, 6.07) is 0. The lowest BCUT2D eigenvalue weighted by Gasteiger charge is -2.09. The molecular formula is C7H9NO2S. The minimum absolute atomic E-state index is 0.0820. The van der Waals surface area contributed by atoms with E-state index in [1.807, 2.05) is 0 Å². The van der Waals surface area contributed by atoms with Gasteiger partial charge in [-0.2, -0.15) is 12.6 Å². The average Bonchev–Trinajstić information content (AvgIpc) is 2.29. The first-order valence-electron chi connectivity index (χ1n) is 3.38. The molecule has 0 N–H and O–H groups in total. The molecule has 1 saturated heterocycles. The van der Waals surface area contributed by atoms with Crippen LogP contribution in [0.1, 0.15) is 12.8 Å². The van der Waals surface area contributed by atoms with Gasteiger partial charge in [0.15, 0.2) is 0 Å². The lowest BCUT2D eigenvalue weighted by molar-refractivity contribution is -0.137. The number of imide groups is 1. The second-order valence-corrected chi connectivity index (χ2v) is 2.58. The highest BCUT2D eigenvalue weighted by Crippen LogP contribution is 2.10. The van der Waals surface area contributed by atoms with E-state index in [0.29, 0.717) is 19.4 Å². The quantitative estimate of drug-likeness (QED) is 0.487. The molecule has 60 valence electrons. The topological polar surface area (TPSA) is 37.4 Å². The summed E-state index contributed by atoms with van der Waals surface area (Å²) in [6.07, 6.45) is 2.39. The predicted molar refractivity (Wildman–Crippen MR) is 44.1 cm³/mol. The Hall–Kier alpha value is -0.770. The molecule has 2 amide bonds. The van der Waals surface area contributed by atoms with Crippen LogP contribution in [0.25, 0.3) is 0 Å². The van der Waals surface area contributed by atoms with Gasteiger partial charge in [0, 0.05) is 19.4 Å². The van der Waals surface area contributed by atoms with E-state index in [4.69, 9.17) is 0 Å². The highest BCUT2D eigenvalue weighted by molar-refractivity contribution is 7.83. The zero-order valence-electron chi connectivity index (χ0n) is 5.99. The Morgan fingerprint density at radius 2 is 1.91 bits per heavy atom. The molecule has 0 atom stereocenters. The summed E-state index contributed by atoms with van der Waals surface area (Å²) in [6.45, 7) is 0.362. The maximum Gasteiger partial charge on any atom is 0.229 e. The molecule has 3 nitrogen and oxygen atoms in total. The van der Waals surface area contributed by atoms with Crippen molar-refractivity contribution >= 4 is 24.4 Å². The Morgan fingerprint density at radius 3 is 2.36 bits per heavy atom. The fourth-order valence-electron chi connectivity index (χ4n) is 0.979. The Kier molecular flexibility index (Phi) is 2.70. The third-order valence-corrected chi connectivity index (χ3v) is 1.76. The van der Waals surface area contributed by atoms with Crippen molar-refractivity contribution in [1.29, 1.82) is 0 Å². The van der Waals surface area contributed by atoms with Gasteiger partial charge >= 0.3 is 0 Å². The standard InChI is InChI=1S/C7H9NO2S/c9-6-2-3-7(10)8(6)4-1-5-11/h1,5,11H,2-4H2. The third-order valence-electron chi connectivity index (χ3n) is 1.55. The first-order valence-corrected chi connectivity index (χ1v) is 3.89. The largest absolute Gasteiger partial charge is 0.279 e. The number of nitrogens with zero attached hydrogens (tertiary/aromatic N) is 1. The maximum atomic E-state index is 10.9. The molecule has 0 spiro atoms. The molecule has 1 aliphatic heterocycles. The third kappa shape index (κ3) is 1.83. The van der Waals surface area contributed by atoms with Crippen molar-refractivity contribution in [2.45, 2.75) is 12.8 Å². The molecule has 0 radical (unpaired) electrons. The van der Waals surface area contributed by atoms with Gasteiger partial charge in [-0.1, -0.05) is 6.08 Å². The molecule has 1 fully saturated rings. The van der Waals surface area contributed by atoms with E-state index >= 15 is 0 Å². The fourth-order valence-corrected chi connectivity index (χ4v) is 1.07. The number of amides is 2. The van der Waals surface area contributed by atoms with E-state index in [1.165, 1.54) is 10.3 Å². The van der Waals surface area contributed by atoms with Crippen LogP contribution in [-0.2, 0) is 9.59 Å². The van der Waals surface area contributed by atoms with Gasteiger partial charge in [0.1, 0.15) is 0 Å². The first-order chi connectivity index (χ1) is 5.25. The van der Waals surface area contributed by atoms with E-state index in [-0.39, 0.29) is 11.8 Å². The van der Waals surface area contributed by atoms with Crippen LogP contribution in [0.3, 0.4) is 0 Å². The smallest absolute Gasteiger partial charge is 0.229 e. The van der Waals surface area contributed by atoms with Gasteiger partial charge < -0.3 is 0 Å². The molecule has 1 rings (SSSR count). The van der Waals surface area contributed by atoms with Crippen molar-refractivity contribution in [3.05, 3.63) is 11.5 Å². The fraction of sp³-hybridized carbons (Fsp3) is 0.429. The van der Waals surface area contributed by atoms with Gasteiger partial charge in [-0.15, -0.1) is 0 Å². The second kappa shape index (κ2) is 3.57. The molecule has 1 aliphatic rings. The number of carbonyl (C=O) groups is 2. The van der Waals surface area contributed by atoms with E-state index in [0.717, 1.165) is 0 Å². The van der Waals surface area contributed by atoms with Crippen molar-refractivity contribution in [2.75, 3.05) is 6.54 Å². The Morgan fingerprint density at radius 1 is 1.36 bits per heavy atom. The summed E-state index contributed by atoms with van der Waals surface area (Å²) in [5.74, 6) is -0.164. The molecule has 1 heterocycles. The van der Waals surface area contributed by atoms with Crippen LogP contribution >= 0.6 is 12.6 Å². The van der Waals surface area contributed by atoms with Crippen LogP contribution in [0.15, 0.2) is 11.5 Å². The van der Waals surface area contributed by atoms with Gasteiger partial charge in [0.2, 0.25) is 11.8 Å². The SMILES string of the molecule is O=C1CCC(=O)N1CC=CS. The zero-order chi connectivity index (χ0) is 8.27. The van der Waals surface area contributed by atoms with E-state index in [9.17, 15) is 9.59 Å². The van der Waals surface area contributed by atoms with Crippen LogP contribution in [0.2, 0.25) is 0 Å². The number of hydrogen-bond donors (Lipinski definition) is 1. The molecule has 0 bridgehead atoms. The van der Waals surface area contributed by atoms with Gasteiger partial charge in [0.05, 0.1) is 0 Å². The molecule has 0 saturated carbocycles. The summed E-state index contributed by atoms with van der Waals surface area (Å²) in [4.78, 5) is 23.1. The lowest BCUT2D eigenvalue weighted by Crippen LogP contribution is -2.28. The van der Waals surface area contributed by atoms with Gasteiger partial charge in [0.25, 0.3) is 0 Å². The van der Waals surface area contributed by atoms with Crippen molar-refractivity contribution in [3.8, 4) is 0 Å². The van der Waals surface area contributed by atoms with E-state index in [2.05, 4.69) is 12.6 Å². The van der Waals surface area contributed by atoms with Crippen molar-refractivity contribution in [1.82, 2.24) is 4.90 Å². The van der Waals surface area contributed by atoms with Crippen LogP contribution in [0.4, 0.5) is 0 Å². The molecule has 0 aliphatic carbocycles. The second-order valence-electron chi connectivity index (χ2n) is 2.28. The maximum absolute atomic E-state index is 10.9. The van der Waals surface area contributed by atoms with Crippen molar-refractivity contribution in [2.24, 2.45) is 0 Å². The summed E-state index contributed by atoms with van der Waals surface area (Å²) in [7, 11) is 0. The predicted octanol–water partition coefficient (Wildman–Crippen LogP) is 0.579. The van der Waals surface area contributed by atoms with Crippen LogP contribution in [-0.4, -0.2) is 23.3 Å². The van der Waals surface area contributed by atoms with E-state index < -0.39 is 0 Å². The van der Waals surface area contributed by atoms with Crippen molar-refractivity contribution in [3.63, 3.8) is 0 Å². The van der Waals surface area contributed by atoms with E-state index in [1.54, 1.807) is 6.08 Å². The molecule has 0 aromatic carbocycles. The average molecular weight is 171 g/mol. The summed E-state index contributed by atoms with van der Waals surface area (Å²) in [5, 5.41) is 1.53. The van der Waals surface area contributed by atoms with Crippen LogP contribution in [0.5, 0.6) is 0 Å². The minimum atomic E-state index is -0.0820. The van der Waals surface area contributed by atoms with Crippen LogP contribution in [0, 0.1) is 0 Å². The number of likely N-dealkylation sites (tertiary alicyclic amines) is 1. The number of thiol groups is 1. The molecular weight excluding hydrogens is 162 g/mol. The molecule has 0 aromatic rings. The highest BCUT2D eigenvalue weighted by Gasteiger charge is 2.27. The summed E-state index contributed by atoms with van der Waals surface area (Å²) < 4.78 is 0. The molecule has 0 aromatic heterocycles. The number of hydrogen-bond acceptors (Lipinski definition) is 3.